The summed E-state index contributed by atoms with van der Waals surface area (Å²) < 4.78 is 15.7. The molecule has 0 aromatic heterocycles. The van der Waals surface area contributed by atoms with Crippen molar-refractivity contribution in [2.45, 2.75) is 13.0 Å². The first kappa shape index (κ1) is 14.9. The zero-order valence-electron chi connectivity index (χ0n) is 11.8. The molecule has 1 aromatic carbocycles. The Balaban J connectivity index is 3.35. The minimum Gasteiger partial charge on any atom is -0.496 e. The standard InChI is InChI=1S/C13H19NO5/c1-8(13(15)16)14(2)12-10(18-4)6-9(17-3)7-11(12)19-5/h6-8H,1-5H3,(H,15,16)/t8-/m0/s1. The maximum absolute atomic E-state index is 11.1. The molecule has 0 radical (unpaired) electrons. The predicted molar refractivity (Wildman–Crippen MR) is 71.6 cm³/mol. The number of hydrogen-bond donors (Lipinski definition) is 1. The predicted octanol–water partition coefficient (Wildman–Crippen LogP) is 1.62. The van der Waals surface area contributed by atoms with Crippen LogP contribution in [0.15, 0.2) is 12.1 Å². The van der Waals surface area contributed by atoms with Crippen LogP contribution in [-0.4, -0.2) is 45.5 Å². The molecule has 6 nitrogen and oxygen atoms in total. The maximum Gasteiger partial charge on any atom is 0.326 e. The molecule has 1 atom stereocenters. The molecular weight excluding hydrogens is 250 g/mol. The Kier molecular flexibility index (Phi) is 4.86. The topological polar surface area (TPSA) is 68.2 Å². The summed E-state index contributed by atoms with van der Waals surface area (Å²) >= 11 is 0. The molecule has 1 N–H and O–H groups in total. The first-order valence-corrected chi connectivity index (χ1v) is 5.71. The van der Waals surface area contributed by atoms with Gasteiger partial charge in [-0.15, -0.1) is 0 Å². The number of anilines is 1. The van der Waals surface area contributed by atoms with Crippen LogP contribution in [0.5, 0.6) is 17.2 Å². The Labute approximate surface area is 112 Å². The second-order valence-corrected chi connectivity index (χ2v) is 4.01. The number of carboxylic acid groups (broad SMARTS) is 1. The number of hydrogen-bond acceptors (Lipinski definition) is 5. The molecule has 0 saturated heterocycles. The molecule has 0 aliphatic rings. The van der Waals surface area contributed by atoms with Crippen molar-refractivity contribution in [3.05, 3.63) is 12.1 Å². The molecule has 6 heteroatoms. The van der Waals surface area contributed by atoms with Crippen LogP contribution in [-0.2, 0) is 4.79 Å². The molecule has 0 bridgehead atoms. The number of likely N-dealkylation sites (N-methyl/N-ethyl adjacent to an activating group) is 1. The van der Waals surface area contributed by atoms with Crippen LogP contribution in [0.2, 0.25) is 0 Å². The third kappa shape index (κ3) is 3.01. The van der Waals surface area contributed by atoms with Gasteiger partial charge >= 0.3 is 5.97 Å². The first-order chi connectivity index (χ1) is 8.96. The van der Waals surface area contributed by atoms with Gasteiger partial charge in [-0.25, -0.2) is 4.79 Å². The van der Waals surface area contributed by atoms with Gasteiger partial charge in [-0.2, -0.15) is 0 Å². The lowest BCUT2D eigenvalue weighted by molar-refractivity contribution is -0.138. The summed E-state index contributed by atoms with van der Waals surface area (Å²) in [5.41, 5.74) is 0.570. The van der Waals surface area contributed by atoms with Gasteiger partial charge in [0.1, 0.15) is 29.0 Å². The molecule has 0 fully saturated rings. The van der Waals surface area contributed by atoms with Crippen LogP contribution in [0.3, 0.4) is 0 Å². The molecule has 1 rings (SSSR count). The van der Waals surface area contributed by atoms with E-state index in [1.54, 1.807) is 31.0 Å². The first-order valence-electron chi connectivity index (χ1n) is 5.71. The molecule has 106 valence electrons. The Morgan fingerprint density at radius 2 is 1.63 bits per heavy atom. The quantitative estimate of drug-likeness (QED) is 0.846. The van der Waals surface area contributed by atoms with Gasteiger partial charge in [-0.3, -0.25) is 0 Å². The molecule has 0 unspecified atom stereocenters. The van der Waals surface area contributed by atoms with Crippen molar-refractivity contribution in [3.63, 3.8) is 0 Å². The zero-order valence-corrected chi connectivity index (χ0v) is 11.8. The smallest absolute Gasteiger partial charge is 0.326 e. The molecule has 0 aliphatic carbocycles. The fraction of sp³-hybridized carbons (Fsp3) is 0.462. The van der Waals surface area contributed by atoms with E-state index in [1.807, 2.05) is 0 Å². The summed E-state index contributed by atoms with van der Waals surface area (Å²) in [7, 11) is 6.23. The van der Waals surface area contributed by atoms with Crippen molar-refractivity contribution in [1.82, 2.24) is 0 Å². The van der Waals surface area contributed by atoms with Crippen molar-refractivity contribution in [2.75, 3.05) is 33.3 Å². The maximum atomic E-state index is 11.1. The number of ether oxygens (including phenoxy) is 3. The van der Waals surface area contributed by atoms with Gasteiger partial charge < -0.3 is 24.2 Å². The highest BCUT2D eigenvalue weighted by molar-refractivity contribution is 5.81. The molecule has 0 saturated carbocycles. The molecule has 0 heterocycles. The summed E-state index contributed by atoms with van der Waals surface area (Å²) in [5.74, 6) is 0.634. The molecule has 1 aromatic rings. The van der Waals surface area contributed by atoms with Crippen LogP contribution >= 0.6 is 0 Å². The van der Waals surface area contributed by atoms with Gasteiger partial charge in [0.2, 0.25) is 0 Å². The fourth-order valence-corrected chi connectivity index (χ4v) is 1.69. The minimum absolute atomic E-state index is 0.492. The largest absolute Gasteiger partial charge is 0.496 e. The third-order valence-electron chi connectivity index (χ3n) is 2.98. The normalized spacial score (nSPS) is 11.6. The van der Waals surface area contributed by atoms with E-state index in [1.165, 1.54) is 21.3 Å². The summed E-state index contributed by atoms with van der Waals surface area (Å²) in [6, 6.07) is 2.66. The lowest BCUT2D eigenvalue weighted by Crippen LogP contribution is -2.36. The van der Waals surface area contributed by atoms with Crippen LogP contribution in [0.25, 0.3) is 0 Å². The van der Waals surface area contributed by atoms with Crippen LogP contribution in [0, 0.1) is 0 Å². The average Bonchev–Trinajstić information content (AvgIpc) is 2.43. The van der Waals surface area contributed by atoms with Gasteiger partial charge in [0, 0.05) is 19.2 Å². The average molecular weight is 269 g/mol. The number of benzene rings is 1. The van der Waals surface area contributed by atoms with Crippen molar-refractivity contribution < 1.29 is 24.1 Å². The summed E-state index contributed by atoms with van der Waals surface area (Å²) in [6.45, 7) is 1.59. The van der Waals surface area contributed by atoms with Crippen molar-refractivity contribution >= 4 is 11.7 Å². The lowest BCUT2D eigenvalue weighted by atomic mass is 10.2. The van der Waals surface area contributed by atoms with E-state index in [0.29, 0.717) is 22.9 Å². The summed E-state index contributed by atoms with van der Waals surface area (Å²) in [6.07, 6.45) is 0. The number of rotatable bonds is 6. The lowest BCUT2D eigenvalue weighted by Gasteiger charge is -2.27. The number of carbonyl (C=O) groups is 1. The Morgan fingerprint density at radius 1 is 1.16 bits per heavy atom. The number of nitrogens with zero attached hydrogens (tertiary/aromatic N) is 1. The van der Waals surface area contributed by atoms with E-state index in [9.17, 15) is 4.79 Å². The minimum atomic E-state index is -0.928. The van der Waals surface area contributed by atoms with Gasteiger partial charge in [0.25, 0.3) is 0 Å². The molecule has 0 aliphatic heterocycles. The van der Waals surface area contributed by atoms with E-state index in [4.69, 9.17) is 19.3 Å². The van der Waals surface area contributed by atoms with Crippen molar-refractivity contribution in [3.8, 4) is 17.2 Å². The highest BCUT2D eigenvalue weighted by atomic mass is 16.5. The molecule has 19 heavy (non-hydrogen) atoms. The third-order valence-corrected chi connectivity index (χ3v) is 2.98. The van der Waals surface area contributed by atoms with Crippen LogP contribution < -0.4 is 19.1 Å². The number of carboxylic acids is 1. The second-order valence-electron chi connectivity index (χ2n) is 4.01. The zero-order chi connectivity index (χ0) is 14.6. The Morgan fingerprint density at radius 3 is 1.95 bits per heavy atom. The van der Waals surface area contributed by atoms with Crippen molar-refractivity contribution in [2.24, 2.45) is 0 Å². The monoisotopic (exact) mass is 269 g/mol. The van der Waals surface area contributed by atoms with Crippen LogP contribution in [0.4, 0.5) is 5.69 Å². The molecular formula is C13H19NO5. The second kappa shape index (κ2) is 6.17. The molecule has 0 spiro atoms. The number of methoxy groups -OCH3 is 3. The SMILES string of the molecule is COc1cc(OC)c(N(C)[C@@H](C)C(=O)O)c(OC)c1. The van der Waals surface area contributed by atoms with E-state index in [2.05, 4.69) is 0 Å². The van der Waals surface area contributed by atoms with Gasteiger partial charge in [0.05, 0.1) is 21.3 Å². The van der Waals surface area contributed by atoms with Gasteiger partial charge in [-0.05, 0) is 6.92 Å². The fourth-order valence-electron chi connectivity index (χ4n) is 1.69. The summed E-state index contributed by atoms with van der Waals surface area (Å²) in [5, 5.41) is 9.09. The van der Waals surface area contributed by atoms with E-state index in [-0.39, 0.29) is 0 Å². The highest BCUT2D eigenvalue weighted by Crippen LogP contribution is 2.41. The summed E-state index contributed by atoms with van der Waals surface area (Å²) in [4.78, 5) is 12.7. The molecule has 0 amide bonds. The van der Waals surface area contributed by atoms with E-state index in [0.717, 1.165) is 0 Å². The Hall–Kier alpha value is -2.11. The number of aliphatic carboxylic acids is 1. The van der Waals surface area contributed by atoms with Gasteiger partial charge in [-0.1, -0.05) is 0 Å². The van der Waals surface area contributed by atoms with E-state index < -0.39 is 12.0 Å². The van der Waals surface area contributed by atoms with Gasteiger partial charge in [0.15, 0.2) is 0 Å². The van der Waals surface area contributed by atoms with E-state index >= 15 is 0 Å². The Bertz CT molecular complexity index is 435. The van der Waals surface area contributed by atoms with Crippen LogP contribution in [0.1, 0.15) is 6.92 Å². The highest BCUT2D eigenvalue weighted by Gasteiger charge is 2.24. The van der Waals surface area contributed by atoms with Crippen molar-refractivity contribution in [1.29, 1.82) is 0 Å².